The lowest BCUT2D eigenvalue weighted by atomic mass is 9.86. The van der Waals surface area contributed by atoms with E-state index in [1.165, 1.54) is 6.07 Å². The minimum absolute atomic E-state index is 0.0310. The zero-order valence-corrected chi connectivity index (χ0v) is 20.7. The number of hydrogen-bond acceptors (Lipinski definition) is 5. The summed E-state index contributed by atoms with van der Waals surface area (Å²) in [4.78, 5) is 30.8. The van der Waals surface area contributed by atoms with Gasteiger partial charge in [0, 0.05) is 18.2 Å². The number of carbonyl (C=O) groups excluding carboxylic acids is 2. The number of anilines is 1. The van der Waals surface area contributed by atoms with Crippen LogP contribution in [0.4, 0.5) is 18.9 Å². The highest BCUT2D eigenvalue weighted by molar-refractivity contribution is 6.02. The fourth-order valence-corrected chi connectivity index (χ4v) is 4.10. The largest absolute Gasteiger partial charge is 0.433 e. The predicted molar refractivity (Wildman–Crippen MR) is 130 cm³/mol. The van der Waals surface area contributed by atoms with E-state index < -0.39 is 17.8 Å². The van der Waals surface area contributed by atoms with Gasteiger partial charge in [0.2, 0.25) is 5.91 Å². The van der Waals surface area contributed by atoms with Crippen molar-refractivity contribution in [1.29, 1.82) is 0 Å². The summed E-state index contributed by atoms with van der Waals surface area (Å²) in [5.41, 5.74) is -0.274. The van der Waals surface area contributed by atoms with Crippen molar-refractivity contribution < 1.29 is 27.9 Å². The summed E-state index contributed by atoms with van der Waals surface area (Å²) >= 11 is 0. The van der Waals surface area contributed by atoms with Gasteiger partial charge < -0.3 is 15.7 Å². The van der Waals surface area contributed by atoms with Crippen LogP contribution in [0.3, 0.4) is 0 Å². The van der Waals surface area contributed by atoms with E-state index in [4.69, 9.17) is 0 Å². The van der Waals surface area contributed by atoms with E-state index in [1.807, 2.05) is 26.8 Å². The van der Waals surface area contributed by atoms with Crippen molar-refractivity contribution in [3.05, 3.63) is 59.4 Å². The zero-order chi connectivity index (χ0) is 26.5. The van der Waals surface area contributed by atoms with Crippen molar-refractivity contribution in [2.75, 3.05) is 25.0 Å². The first-order chi connectivity index (χ1) is 16.9. The molecular formula is C26H33F3N4O3. The second-order valence-electron chi connectivity index (χ2n) is 10.2. The van der Waals surface area contributed by atoms with Crippen molar-refractivity contribution in [2.45, 2.75) is 52.4 Å². The highest BCUT2D eigenvalue weighted by Gasteiger charge is 2.33. The average molecular weight is 507 g/mol. The molecule has 1 aliphatic rings. The number of amides is 2. The van der Waals surface area contributed by atoms with Gasteiger partial charge in [0.15, 0.2) is 0 Å². The highest BCUT2D eigenvalue weighted by Crippen LogP contribution is 2.28. The highest BCUT2D eigenvalue weighted by atomic mass is 19.4. The quantitative estimate of drug-likeness (QED) is 0.526. The third kappa shape index (κ3) is 7.51. The fourth-order valence-electron chi connectivity index (χ4n) is 4.10. The molecule has 3 rings (SSSR count). The topological polar surface area (TPSA) is 94.6 Å². The Labute approximate surface area is 209 Å². The summed E-state index contributed by atoms with van der Waals surface area (Å²) in [7, 11) is 0. The van der Waals surface area contributed by atoms with Gasteiger partial charge in [-0.15, -0.1) is 0 Å². The molecule has 0 radical (unpaired) electrons. The Morgan fingerprint density at radius 2 is 1.78 bits per heavy atom. The molecule has 2 amide bonds. The Morgan fingerprint density at radius 3 is 2.39 bits per heavy atom. The lowest BCUT2D eigenvalue weighted by Crippen LogP contribution is -2.49. The van der Waals surface area contributed by atoms with E-state index in [9.17, 15) is 27.9 Å². The third-order valence-corrected chi connectivity index (χ3v) is 6.37. The maximum absolute atomic E-state index is 12.9. The maximum Gasteiger partial charge on any atom is 0.433 e. The molecule has 1 fully saturated rings. The van der Waals surface area contributed by atoms with Crippen molar-refractivity contribution in [2.24, 2.45) is 11.3 Å². The van der Waals surface area contributed by atoms with Crippen LogP contribution in [-0.4, -0.2) is 52.5 Å². The van der Waals surface area contributed by atoms with E-state index in [0.717, 1.165) is 30.8 Å². The first kappa shape index (κ1) is 27.6. The van der Waals surface area contributed by atoms with E-state index in [1.54, 1.807) is 18.2 Å². The van der Waals surface area contributed by atoms with Crippen LogP contribution in [-0.2, 0) is 17.5 Å². The number of halogens is 3. The molecule has 1 aliphatic heterocycles. The molecule has 1 saturated heterocycles. The lowest BCUT2D eigenvalue weighted by Gasteiger charge is -2.34. The van der Waals surface area contributed by atoms with Gasteiger partial charge in [-0.1, -0.05) is 39.0 Å². The Balaban J connectivity index is 1.54. The van der Waals surface area contributed by atoms with E-state index in [0.29, 0.717) is 25.1 Å². The number of aromatic nitrogens is 1. The summed E-state index contributed by atoms with van der Waals surface area (Å²) in [5.74, 6) is -0.860. The Morgan fingerprint density at radius 1 is 1.11 bits per heavy atom. The van der Waals surface area contributed by atoms with Gasteiger partial charge >= 0.3 is 6.18 Å². The fraction of sp³-hybridized carbons (Fsp3) is 0.500. The lowest BCUT2D eigenvalue weighted by molar-refractivity contribution is -0.141. The molecule has 2 heterocycles. The Kier molecular flexibility index (Phi) is 8.73. The van der Waals surface area contributed by atoms with Crippen molar-refractivity contribution >= 4 is 17.5 Å². The number of benzene rings is 1. The molecule has 1 aromatic heterocycles. The van der Waals surface area contributed by atoms with Gasteiger partial charge in [-0.2, -0.15) is 13.2 Å². The van der Waals surface area contributed by atoms with E-state index in [-0.39, 0.29) is 35.6 Å². The SMILES string of the molecule is CC(C)(C)[C@@H](CO)NC(=O)C1CCN(Cc2cccc(NC(=O)c3cccc(C(F)(F)F)n3)c2)CC1. The molecule has 0 spiro atoms. The van der Waals surface area contributed by atoms with Crippen molar-refractivity contribution in [1.82, 2.24) is 15.2 Å². The number of rotatable bonds is 7. The molecular weight excluding hydrogens is 473 g/mol. The smallest absolute Gasteiger partial charge is 0.394 e. The van der Waals surface area contributed by atoms with Crippen LogP contribution in [0.1, 0.15) is 55.4 Å². The first-order valence-electron chi connectivity index (χ1n) is 11.9. The molecule has 7 nitrogen and oxygen atoms in total. The number of hydrogen-bond donors (Lipinski definition) is 3. The summed E-state index contributed by atoms with van der Waals surface area (Å²) in [5, 5.41) is 15.2. The molecule has 196 valence electrons. The van der Waals surface area contributed by atoms with Gasteiger partial charge in [0.05, 0.1) is 12.6 Å². The normalized spacial score (nSPS) is 16.4. The minimum Gasteiger partial charge on any atom is -0.394 e. The van der Waals surface area contributed by atoms with E-state index >= 15 is 0 Å². The number of piperidine rings is 1. The minimum atomic E-state index is -4.63. The number of aliphatic hydroxyl groups excluding tert-OH is 1. The number of alkyl halides is 3. The molecule has 1 aromatic carbocycles. The van der Waals surface area contributed by atoms with E-state index in [2.05, 4.69) is 20.5 Å². The molecule has 0 aliphatic carbocycles. The number of likely N-dealkylation sites (tertiary alicyclic amines) is 1. The van der Waals surface area contributed by atoms with Crippen LogP contribution in [0.5, 0.6) is 0 Å². The molecule has 36 heavy (non-hydrogen) atoms. The number of pyridine rings is 1. The predicted octanol–water partition coefficient (Wildman–Crippen LogP) is 4.09. The first-order valence-corrected chi connectivity index (χ1v) is 11.9. The second kappa shape index (κ2) is 11.4. The van der Waals surface area contributed by atoms with Crippen molar-refractivity contribution in [3.63, 3.8) is 0 Å². The molecule has 0 unspecified atom stereocenters. The van der Waals surface area contributed by atoms with Crippen LogP contribution in [0.15, 0.2) is 42.5 Å². The van der Waals surface area contributed by atoms with Gasteiger partial charge in [-0.05, 0) is 61.2 Å². The van der Waals surface area contributed by atoms with Crippen molar-refractivity contribution in [3.8, 4) is 0 Å². The zero-order valence-electron chi connectivity index (χ0n) is 20.7. The monoisotopic (exact) mass is 506 g/mol. The Hall–Kier alpha value is -2.98. The van der Waals surface area contributed by atoms with Crippen LogP contribution in [0.25, 0.3) is 0 Å². The van der Waals surface area contributed by atoms with Crippen LogP contribution in [0, 0.1) is 11.3 Å². The number of aliphatic hydroxyl groups is 1. The molecule has 1 atom stereocenters. The third-order valence-electron chi connectivity index (χ3n) is 6.37. The van der Waals surface area contributed by atoms with Crippen LogP contribution < -0.4 is 10.6 Å². The molecule has 10 heteroatoms. The summed E-state index contributed by atoms with van der Waals surface area (Å²) in [6, 6.07) is 10.0. The maximum atomic E-state index is 12.9. The molecule has 3 N–H and O–H groups in total. The average Bonchev–Trinajstić information content (AvgIpc) is 2.82. The number of nitrogens with zero attached hydrogens (tertiary/aromatic N) is 2. The van der Waals surface area contributed by atoms with Gasteiger partial charge in [-0.25, -0.2) is 4.98 Å². The second-order valence-corrected chi connectivity index (χ2v) is 10.2. The standard InChI is InChI=1S/C26H33F3N4O3/c1-25(2,3)22(16-34)32-23(35)18-10-12-33(13-11-18)15-17-6-4-7-19(14-17)30-24(36)20-8-5-9-21(31-20)26(27,28)29/h4-9,14,18,22,34H,10-13,15-16H2,1-3H3,(H,30,36)(H,32,35)/t22-/m1/s1. The molecule has 2 aromatic rings. The summed E-state index contributed by atoms with van der Waals surface area (Å²) in [6.07, 6.45) is -3.23. The number of nitrogens with one attached hydrogen (secondary N) is 2. The van der Waals surface area contributed by atoms with Gasteiger partial charge in [0.1, 0.15) is 11.4 Å². The van der Waals surface area contributed by atoms with Gasteiger partial charge in [0.25, 0.3) is 5.91 Å². The van der Waals surface area contributed by atoms with Crippen LogP contribution >= 0.6 is 0 Å². The summed E-state index contributed by atoms with van der Waals surface area (Å²) in [6.45, 7) is 7.88. The number of carbonyl (C=O) groups is 2. The Bertz CT molecular complexity index is 1060. The van der Waals surface area contributed by atoms with Gasteiger partial charge in [-0.3, -0.25) is 14.5 Å². The molecule has 0 saturated carbocycles. The molecule has 0 bridgehead atoms. The van der Waals surface area contributed by atoms with Crippen LogP contribution in [0.2, 0.25) is 0 Å². The summed E-state index contributed by atoms with van der Waals surface area (Å²) < 4.78 is 38.7.